The minimum absolute atomic E-state index is 0.125. The molecule has 0 aromatic carbocycles. The average molecular weight is 277 g/mol. The predicted octanol–water partition coefficient (Wildman–Crippen LogP) is 2.92. The highest BCUT2D eigenvalue weighted by Gasteiger charge is 2.29. The molecule has 1 aliphatic heterocycles. The quantitative estimate of drug-likeness (QED) is 0.920. The van der Waals surface area contributed by atoms with Crippen molar-refractivity contribution in [3.8, 4) is 0 Å². The molecule has 0 bridgehead atoms. The van der Waals surface area contributed by atoms with Crippen molar-refractivity contribution < 1.29 is 9.90 Å². The maximum atomic E-state index is 11.5. The van der Waals surface area contributed by atoms with Crippen molar-refractivity contribution in [2.24, 2.45) is 5.41 Å². The molecule has 0 atom stereocenters. The van der Waals surface area contributed by atoms with Crippen LogP contribution >= 0.6 is 0 Å². The number of nitrogens with zero attached hydrogens (tertiary/aromatic N) is 3. The van der Waals surface area contributed by atoms with Gasteiger partial charge in [0.15, 0.2) is 5.69 Å². The average Bonchev–Trinajstić information content (AvgIpc) is 2.36. The van der Waals surface area contributed by atoms with Crippen molar-refractivity contribution in [3.63, 3.8) is 0 Å². The summed E-state index contributed by atoms with van der Waals surface area (Å²) in [7, 11) is 0. The molecule has 5 nitrogen and oxygen atoms in total. The number of aromatic nitrogens is 2. The molecule has 0 saturated carbocycles. The van der Waals surface area contributed by atoms with E-state index in [0.29, 0.717) is 11.5 Å². The Morgan fingerprint density at radius 1 is 1.45 bits per heavy atom. The highest BCUT2D eigenvalue weighted by molar-refractivity contribution is 5.92. The van der Waals surface area contributed by atoms with Crippen LogP contribution in [0, 0.1) is 5.41 Å². The van der Waals surface area contributed by atoms with Crippen molar-refractivity contribution in [2.45, 2.75) is 46.5 Å². The van der Waals surface area contributed by atoms with E-state index in [2.05, 4.69) is 28.7 Å². The first-order valence-corrected chi connectivity index (χ1v) is 7.15. The lowest BCUT2D eigenvalue weighted by atomic mass is 9.84. The fraction of sp³-hybridized carbons (Fsp3) is 0.667. The van der Waals surface area contributed by atoms with E-state index in [4.69, 9.17) is 0 Å². The number of anilines is 1. The second kappa shape index (κ2) is 5.38. The molecule has 20 heavy (non-hydrogen) atoms. The van der Waals surface area contributed by atoms with Crippen LogP contribution in [-0.4, -0.2) is 34.1 Å². The van der Waals surface area contributed by atoms with Gasteiger partial charge < -0.3 is 10.0 Å². The summed E-state index contributed by atoms with van der Waals surface area (Å²) in [6.07, 6.45) is 3.90. The fourth-order valence-electron chi connectivity index (χ4n) is 2.68. The van der Waals surface area contributed by atoms with E-state index in [0.717, 1.165) is 25.9 Å². The molecule has 0 unspecified atom stereocenters. The maximum absolute atomic E-state index is 11.5. The monoisotopic (exact) mass is 277 g/mol. The lowest BCUT2D eigenvalue weighted by molar-refractivity contribution is 0.0690. The Morgan fingerprint density at radius 2 is 2.15 bits per heavy atom. The van der Waals surface area contributed by atoms with Crippen LogP contribution in [0.2, 0.25) is 0 Å². The van der Waals surface area contributed by atoms with Crippen LogP contribution in [0.15, 0.2) is 6.20 Å². The van der Waals surface area contributed by atoms with Crippen molar-refractivity contribution in [3.05, 3.63) is 17.7 Å². The first-order valence-electron chi connectivity index (χ1n) is 7.15. The van der Waals surface area contributed by atoms with Crippen molar-refractivity contribution in [2.75, 3.05) is 18.0 Å². The molecule has 1 fully saturated rings. The molecule has 2 rings (SSSR count). The van der Waals surface area contributed by atoms with Crippen LogP contribution in [0.4, 0.5) is 5.69 Å². The van der Waals surface area contributed by atoms with Gasteiger partial charge in [0.2, 0.25) is 0 Å². The lowest BCUT2D eigenvalue weighted by Gasteiger charge is -2.39. The molecule has 1 aromatic heterocycles. The summed E-state index contributed by atoms with van der Waals surface area (Å²) < 4.78 is 0. The van der Waals surface area contributed by atoms with E-state index in [9.17, 15) is 9.90 Å². The van der Waals surface area contributed by atoms with Crippen LogP contribution in [0.1, 0.15) is 62.8 Å². The first kappa shape index (κ1) is 14.8. The van der Waals surface area contributed by atoms with Gasteiger partial charge in [0.25, 0.3) is 0 Å². The van der Waals surface area contributed by atoms with Gasteiger partial charge in [-0.05, 0) is 18.3 Å². The summed E-state index contributed by atoms with van der Waals surface area (Å²) in [6, 6.07) is 0. The van der Waals surface area contributed by atoms with E-state index in [-0.39, 0.29) is 17.0 Å². The molecular formula is C15H23N3O2. The predicted molar refractivity (Wildman–Crippen MR) is 78.3 cm³/mol. The van der Waals surface area contributed by atoms with Crippen LogP contribution in [0.5, 0.6) is 0 Å². The zero-order valence-corrected chi connectivity index (χ0v) is 12.7. The molecule has 2 heterocycles. The molecule has 1 saturated heterocycles. The van der Waals surface area contributed by atoms with Crippen molar-refractivity contribution in [1.29, 1.82) is 0 Å². The second-order valence-electron chi connectivity index (χ2n) is 6.61. The van der Waals surface area contributed by atoms with Crippen LogP contribution in [0.25, 0.3) is 0 Å². The fourth-order valence-corrected chi connectivity index (χ4v) is 2.68. The van der Waals surface area contributed by atoms with Gasteiger partial charge in [-0.25, -0.2) is 14.8 Å². The van der Waals surface area contributed by atoms with Gasteiger partial charge in [0, 0.05) is 19.0 Å². The van der Waals surface area contributed by atoms with Gasteiger partial charge in [-0.2, -0.15) is 0 Å². The molecule has 110 valence electrons. The number of carboxylic acids is 1. The Kier molecular flexibility index (Phi) is 3.97. The topological polar surface area (TPSA) is 66.3 Å². The summed E-state index contributed by atoms with van der Waals surface area (Å²) in [6.45, 7) is 10.1. The Morgan fingerprint density at radius 3 is 2.70 bits per heavy atom. The first-order chi connectivity index (χ1) is 9.30. The van der Waals surface area contributed by atoms with Crippen LogP contribution < -0.4 is 4.90 Å². The molecule has 1 N–H and O–H groups in total. The summed E-state index contributed by atoms with van der Waals surface area (Å²) >= 11 is 0. The summed E-state index contributed by atoms with van der Waals surface area (Å²) in [4.78, 5) is 22.2. The Labute approximate surface area is 120 Å². The molecule has 1 aromatic rings. The number of aromatic carboxylic acids is 1. The zero-order valence-electron chi connectivity index (χ0n) is 12.7. The van der Waals surface area contributed by atoms with Crippen LogP contribution in [0.3, 0.4) is 0 Å². The number of hydrogen-bond acceptors (Lipinski definition) is 4. The minimum atomic E-state index is -0.979. The smallest absolute Gasteiger partial charge is 0.356 e. The molecule has 0 radical (unpaired) electrons. The maximum Gasteiger partial charge on any atom is 0.356 e. The van der Waals surface area contributed by atoms with E-state index < -0.39 is 5.97 Å². The van der Waals surface area contributed by atoms with Gasteiger partial charge in [0.1, 0.15) is 5.82 Å². The van der Waals surface area contributed by atoms with E-state index in [1.165, 1.54) is 0 Å². The standard InChI is InChI=1S/C15H23N3O2/c1-10(2)13-16-8-11(12(17-13)14(19)20)18-7-5-6-15(3,4)9-18/h8,10H,5-7,9H2,1-4H3,(H,19,20). The number of carboxylic acid groups (broad SMARTS) is 1. The molecule has 0 amide bonds. The molecule has 5 heteroatoms. The summed E-state index contributed by atoms with van der Waals surface area (Å²) in [5, 5.41) is 9.42. The SMILES string of the molecule is CC(C)c1ncc(N2CCCC(C)(C)C2)c(C(=O)O)n1. The van der Waals surface area contributed by atoms with Gasteiger partial charge >= 0.3 is 5.97 Å². The highest BCUT2D eigenvalue weighted by atomic mass is 16.4. The molecule has 0 spiro atoms. The van der Waals surface area contributed by atoms with Gasteiger partial charge in [-0.3, -0.25) is 0 Å². The third kappa shape index (κ3) is 3.08. The molecule has 0 aliphatic carbocycles. The number of hydrogen-bond donors (Lipinski definition) is 1. The van der Waals surface area contributed by atoms with E-state index in [1.807, 2.05) is 13.8 Å². The Balaban J connectivity index is 2.38. The number of rotatable bonds is 3. The third-order valence-corrected chi connectivity index (χ3v) is 3.75. The van der Waals surface area contributed by atoms with Crippen molar-refractivity contribution >= 4 is 11.7 Å². The van der Waals surface area contributed by atoms with Gasteiger partial charge in [0.05, 0.1) is 11.9 Å². The second-order valence-corrected chi connectivity index (χ2v) is 6.61. The van der Waals surface area contributed by atoms with E-state index in [1.54, 1.807) is 6.20 Å². The normalized spacial score (nSPS) is 18.4. The summed E-state index contributed by atoms with van der Waals surface area (Å²) in [5.74, 6) is -0.268. The van der Waals surface area contributed by atoms with E-state index >= 15 is 0 Å². The Hall–Kier alpha value is -1.65. The number of piperidine rings is 1. The largest absolute Gasteiger partial charge is 0.476 e. The highest BCUT2D eigenvalue weighted by Crippen LogP contribution is 2.32. The Bertz CT molecular complexity index is 512. The zero-order chi connectivity index (χ0) is 14.9. The lowest BCUT2D eigenvalue weighted by Crippen LogP contribution is -2.41. The van der Waals surface area contributed by atoms with Gasteiger partial charge in [-0.1, -0.05) is 27.7 Å². The van der Waals surface area contributed by atoms with Crippen LogP contribution in [-0.2, 0) is 0 Å². The molecular weight excluding hydrogens is 254 g/mol. The third-order valence-electron chi connectivity index (χ3n) is 3.75. The van der Waals surface area contributed by atoms with Crippen molar-refractivity contribution in [1.82, 2.24) is 9.97 Å². The summed E-state index contributed by atoms with van der Waals surface area (Å²) in [5.41, 5.74) is 0.973. The number of carbonyl (C=O) groups is 1. The molecule has 1 aliphatic rings. The van der Waals surface area contributed by atoms with Gasteiger partial charge in [-0.15, -0.1) is 0 Å². The minimum Gasteiger partial charge on any atom is -0.476 e.